The van der Waals surface area contributed by atoms with Crippen LogP contribution in [0, 0.1) is 0 Å². The zero-order valence-electron chi connectivity index (χ0n) is 38.6. The highest BCUT2D eigenvalue weighted by Gasteiger charge is 1.87. The Hall–Kier alpha value is -8.09. The van der Waals surface area contributed by atoms with Gasteiger partial charge in [-0.3, -0.25) is 0 Å². The summed E-state index contributed by atoms with van der Waals surface area (Å²) in [6.45, 7) is 23.5. The van der Waals surface area contributed by atoms with Crippen LogP contribution in [0.25, 0.3) is 0 Å². The number of carbonyl (C=O) groups excluding carboxylic acids is 10. The van der Waals surface area contributed by atoms with Crippen LogP contribution in [-0.4, -0.2) is 138 Å². The number of carboxylic acids is 1. The van der Waals surface area contributed by atoms with E-state index >= 15 is 0 Å². The second-order valence-electron chi connectivity index (χ2n) is 8.06. The van der Waals surface area contributed by atoms with Gasteiger partial charge in [0.2, 0.25) is 0 Å². The Labute approximate surface area is 377 Å². The van der Waals surface area contributed by atoms with Crippen molar-refractivity contribution in [2.45, 2.75) is 69.2 Å². The fraction of sp³-hybridized carbons (Fsp3) is 0.606. The summed E-state index contributed by atoms with van der Waals surface area (Å²) in [5.74, 6) is -0.981. The van der Waals surface area contributed by atoms with Gasteiger partial charge in [0, 0.05) is 6.08 Å². The Morgan fingerprint density at radius 3 is 0.354 bits per heavy atom. The third-order valence-corrected chi connectivity index (χ3v) is 3.04. The number of carbonyl (C=O) groups is 11. The van der Waals surface area contributed by atoms with Gasteiger partial charge in [-0.1, -0.05) is 6.58 Å². The van der Waals surface area contributed by atoms with E-state index in [1.54, 1.807) is 69.2 Å². The summed E-state index contributed by atoms with van der Waals surface area (Å²) in [6.07, 6.45) is -6.27. The minimum atomic E-state index is -0.981. The average Bonchev–Trinajstić information content (AvgIpc) is 3.14. The molecule has 0 aliphatic heterocycles. The summed E-state index contributed by atoms with van der Waals surface area (Å²) in [5, 5.41) is 7.60. The van der Waals surface area contributed by atoms with Gasteiger partial charge in [-0.05, 0) is 69.2 Å². The Balaban J connectivity index is -0.0000000548. The van der Waals surface area contributed by atoms with Gasteiger partial charge in [0.05, 0.1) is 66.1 Å². The van der Waals surface area contributed by atoms with Gasteiger partial charge in [0.1, 0.15) is 0 Å². The summed E-state index contributed by atoms with van der Waals surface area (Å²) in [4.78, 5) is 105. The molecule has 0 atom stereocenters. The van der Waals surface area contributed by atoms with Crippen LogP contribution < -0.4 is 57.3 Å². The van der Waals surface area contributed by atoms with E-state index in [9.17, 15) is 52.7 Å². The molecular weight excluding hydrogens is 888 g/mol. The lowest BCUT2D eigenvalue weighted by molar-refractivity contribution is -0.131. The number of amides is 10. The molecule has 0 bridgehead atoms. The fourth-order valence-corrected chi connectivity index (χ4v) is 1.42. The van der Waals surface area contributed by atoms with Gasteiger partial charge >= 0.3 is 66.9 Å². The number of hydrogen-bond acceptors (Lipinski definition) is 21. The van der Waals surface area contributed by atoms with E-state index in [-0.39, 0.29) is 0 Å². The van der Waals surface area contributed by atoms with Gasteiger partial charge in [-0.2, -0.15) is 0 Å². The highest BCUT2D eigenvalue weighted by atomic mass is 16.6. The lowest BCUT2D eigenvalue weighted by atomic mass is 10.7. The molecule has 0 aromatic rings. The van der Waals surface area contributed by atoms with E-state index in [0.29, 0.717) is 66.1 Å². The van der Waals surface area contributed by atoms with Crippen LogP contribution >= 0.6 is 0 Å². The maximum Gasteiger partial charge on any atom is 0.404 e. The van der Waals surface area contributed by atoms with E-state index < -0.39 is 66.9 Å². The summed E-state index contributed by atoms with van der Waals surface area (Å²) in [5.41, 5.74) is 45.4. The summed E-state index contributed by atoms with van der Waals surface area (Å²) >= 11 is 0. The largest absolute Gasteiger partial charge is 0.478 e. The van der Waals surface area contributed by atoms with Gasteiger partial charge in [-0.25, -0.2) is 52.7 Å². The van der Waals surface area contributed by atoms with Crippen molar-refractivity contribution in [1.29, 1.82) is 0 Å². The molecule has 10 amide bonds. The van der Waals surface area contributed by atoms with E-state index in [0.717, 1.165) is 6.08 Å². The van der Waals surface area contributed by atoms with Crippen molar-refractivity contribution in [2.75, 3.05) is 66.1 Å². The predicted octanol–water partition coefficient (Wildman–Crippen LogP) is 1.27. The standard InChI is InChI=1S/10C3H7NO2.C3H4O2/c10*1-2-6-3(4)5;1-2-3(4)5/h10*2H2,1H3,(H2,4,5);2H,1H2,(H,4,5). The first-order chi connectivity index (χ1) is 30.0. The van der Waals surface area contributed by atoms with Crippen LogP contribution in [0.1, 0.15) is 69.2 Å². The van der Waals surface area contributed by atoms with Crippen LogP contribution in [0.2, 0.25) is 0 Å². The number of ether oxygens (including phenoxy) is 10. The number of nitrogens with two attached hydrogens (primary N) is 10. The Morgan fingerprint density at radius 1 is 0.292 bits per heavy atom. The molecule has 21 N–H and O–H groups in total. The first kappa shape index (κ1) is 84.4. The van der Waals surface area contributed by atoms with E-state index in [1.165, 1.54) is 0 Å². The predicted molar refractivity (Wildman–Crippen MR) is 230 cm³/mol. The van der Waals surface area contributed by atoms with E-state index in [2.05, 4.69) is 111 Å². The molecule has 0 radical (unpaired) electrons. The van der Waals surface area contributed by atoms with Crippen molar-refractivity contribution in [3.8, 4) is 0 Å². The summed E-state index contributed by atoms with van der Waals surface area (Å²) < 4.78 is 41.8. The fourth-order valence-electron chi connectivity index (χ4n) is 1.42. The van der Waals surface area contributed by atoms with Gasteiger partial charge in [-0.15, -0.1) is 0 Å². The molecule has 32 nitrogen and oxygen atoms in total. The minimum absolute atomic E-state index is 0.356. The van der Waals surface area contributed by atoms with Gasteiger partial charge in [0.25, 0.3) is 0 Å². The SMILES string of the molecule is C=CC(=O)O.CCOC(N)=O.CCOC(N)=O.CCOC(N)=O.CCOC(N)=O.CCOC(N)=O.CCOC(N)=O.CCOC(N)=O.CCOC(N)=O.CCOC(N)=O.CCOC(N)=O. The second kappa shape index (κ2) is 80.0. The lowest BCUT2D eigenvalue weighted by Crippen LogP contribution is -2.11. The minimum Gasteiger partial charge on any atom is -0.478 e. The Kier molecular flexibility index (Phi) is 104. The smallest absolute Gasteiger partial charge is 0.404 e. The third-order valence-electron chi connectivity index (χ3n) is 3.04. The highest BCUT2D eigenvalue weighted by molar-refractivity contribution is 5.78. The van der Waals surface area contributed by atoms with E-state index in [1.807, 2.05) is 0 Å². The van der Waals surface area contributed by atoms with Crippen molar-refractivity contribution in [1.82, 2.24) is 0 Å². The summed E-state index contributed by atoms with van der Waals surface area (Å²) in [6, 6.07) is 0. The molecule has 0 spiro atoms. The van der Waals surface area contributed by atoms with Crippen LogP contribution in [-0.2, 0) is 52.2 Å². The molecule has 0 aliphatic carbocycles. The average molecular weight is 963 g/mol. The number of primary amides is 10. The molecule has 0 aromatic carbocycles. The molecule has 0 saturated heterocycles. The number of carboxylic acid groups (broad SMARTS) is 1. The maximum atomic E-state index is 9.60. The molecule has 0 heterocycles. The van der Waals surface area contributed by atoms with Crippen molar-refractivity contribution in [2.24, 2.45) is 57.3 Å². The molecule has 0 aliphatic rings. The maximum absolute atomic E-state index is 9.60. The third kappa shape index (κ3) is 284. The first-order valence-corrected chi connectivity index (χ1v) is 18.1. The molecule has 65 heavy (non-hydrogen) atoms. The quantitative estimate of drug-likeness (QED) is 0.103. The summed E-state index contributed by atoms with van der Waals surface area (Å²) in [7, 11) is 0. The van der Waals surface area contributed by atoms with Crippen LogP contribution in [0.4, 0.5) is 47.9 Å². The number of aliphatic carboxylic acids is 1. The first-order valence-electron chi connectivity index (χ1n) is 18.1. The molecule has 0 fully saturated rings. The molecule has 32 heteroatoms. The van der Waals surface area contributed by atoms with Crippen molar-refractivity contribution in [3.05, 3.63) is 12.7 Å². The number of hydrogen-bond donors (Lipinski definition) is 11. The molecular formula is C33H74N10O22. The molecule has 0 unspecified atom stereocenters. The molecule has 0 aromatic heterocycles. The van der Waals surface area contributed by atoms with Crippen molar-refractivity contribution < 1.29 is 105 Å². The van der Waals surface area contributed by atoms with Crippen molar-refractivity contribution in [3.63, 3.8) is 0 Å². The Bertz CT molecular complexity index is 935. The van der Waals surface area contributed by atoms with Gasteiger partial charge < -0.3 is 110 Å². The Morgan fingerprint density at radius 2 is 0.354 bits per heavy atom. The molecule has 388 valence electrons. The normalized spacial score (nSPS) is 7.42. The highest BCUT2D eigenvalue weighted by Crippen LogP contribution is 1.71. The zero-order chi connectivity index (χ0) is 54.2. The van der Waals surface area contributed by atoms with E-state index in [4.69, 9.17) is 5.11 Å². The van der Waals surface area contributed by atoms with Crippen LogP contribution in [0.5, 0.6) is 0 Å². The molecule has 0 saturated carbocycles. The lowest BCUT2D eigenvalue weighted by Gasteiger charge is -1.89. The number of rotatable bonds is 11. The monoisotopic (exact) mass is 962 g/mol. The topological polar surface area (TPSA) is 560 Å². The second-order valence-corrected chi connectivity index (χ2v) is 8.06. The van der Waals surface area contributed by atoms with Gasteiger partial charge in [0.15, 0.2) is 0 Å². The zero-order valence-corrected chi connectivity index (χ0v) is 38.6. The van der Waals surface area contributed by atoms with Crippen molar-refractivity contribution >= 4 is 66.9 Å². The molecule has 0 rings (SSSR count). The van der Waals surface area contributed by atoms with Crippen LogP contribution in [0.15, 0.2) is 12.7 Å². The van der Waals surface area contributed by atoms with Crippen LogP contribution in [0.3, 0.4) is 0 Å².